The minimum absolute atomic E-state index is 0.219. The molecule has 2 rings (SSSR count). The van der Waals surface area contributed by atoms with Crippen LogP contribution in [0.3, 0.4) is 0 Å². The summed E-state index contributed by atoms with van der Waals surface area (Å²) >= 11 is 3.46. The fraction of sp³-hybridized carbons (Fsp3) is 0.625. The maximum atomic E-state index is 6.00. The Labute approximate surface area is 130 Å². The number of rotatable bonds is 6. The third-order valence-corrected chi connectivity index (χ3v) is 4.00. The Morgan fingerprint density at radius 2 is 2.10 bits per heavy atom. The van der Waals surface area contributed by atoms with E-state index in [0.29, 0.717) is 18.8 Å². The summed E-state index contributed by atoms with van der Waals surface area (Å²) in [5.74, 6) is 0.945. The van der Waals surface area contributed by atoms with Crippen LogP contribution in [0.2, 0.25) is 0 Å². The number of hydrogen-bond acceptors (Lipinski definition) is 3. The molecule has 4 heteroatoms. The topological polar surface area (TPSA) is 30.5 Å². The zero-order valence-electron chi connectivity index (χ0n) is 12.5. The van der Waals surface area contributed by atoms with E-state index in [9.17, 15) is 0 Å². The largest absolute Gasteiger partial charge is 0.491 e. The van der Waals surface area contributed by atoms with Crippen LogP contribution in [0.15, 0.2) is 22.7 Å². The van der Waals surface area contributed by atoms with E-state index in [1.54, 1.807) is 0 Å². The first kappa shape index (κ1) is 15.8. The van der Waals surface area contributed by atoms with Gasteiger partial charge in [-0.15, -0.1) is 0 Å². The summed E-state index contributed by atoms with van der Waals surface area (Å²) in [6.45, 7) is 7.95. The molecule has 0 aliphatic carbocycles. The second kappa shape index (κ2) is 7.43. The maximum Gasteiger partial charge on any atom is 0.122 e. The molecule has 0 amide bonds. The quantitative estimate of drug-likeness (QED) is 0.855. The maximum absolute atomic E-state index is 6.00. The van der Waals surface area contributed by atoms with Crippen LogP contribution < -0.4 is 10.1 Å². The predicted molar refractivity (Wildman–Crippen MR) is 85.4 cm³/mol. The van der Waals surface area contributed by atoms with Gasteiger partial charge in [-0.1, -0.05) is 29.8 Å². The minimum Gasteiger partial charge on any atom is -0.491 e. The monoisotopic (exact) mass is 341 g/mol. The molecule has 1 aromatic carbocycles. The number of benzene rings is 1. The Balaban J connectivity index is 1.75. The first-order valence-electron chi connectivity index (χ1n) is 7.32. The van der Waals surface area contributed by atoms with Crippen molar-refractivity contribution in [3.8, 4) is 5.75 Å². The third-order valence-electron chi connectivity index (χ3n) is 3.51. The third kappa shape index (κ3) is 4.76. The second-order valence-corrected chi connectivity index (χ2v) is 6.66. The lowest BCUT2D eigenvalue weighted by atomic mass is 10.2. The van der Waals surface area contributed by atoms with Crippen molar-refractivity contribution in [2.24, 2.45) is 0 Å². The lowest BCUT2D eigenvalue weighted by molar-refractivity contribution is 0.0177. The summed E-state index contributed by atoms with van der Waals surface area (Å²) in [7, 11) is 0. The standard InChI is InChI=1S/C16H24BrNO2/c1-11(2)18-9-14-5-6-15(20-14)10-19-16-7-4-13(17)8-12(16)3/h4,7-8,11,14-15,18H,5-6,9-10H2,1-3H3. The molecule has 0 radical (unpaired) electrons. The van der Waals surface area contributed by atoms with Gasteiger partial charge in [-0.3, -0.25) is 0 Å². The van der Waals surface area contributed by atoms with Gasteiger partial charge in [0.25, 0.3) is 0 Å². The molecule has 0 aromatic heterocycles. The van der Waals surface area contributed by atoms with Gasteiger partial charge in [0.05, 0.1) is 12.2 Å². The van der Waals surface area contributed by atoms with Crippen LogP contribution in [0.5, 0.6) is 5.75 Å². The zero-order chi connectivity index (χ0) is 14.5. The summed E-state index contributed by atoms with van der Waals surface area (Å²) in [5, 5.41) is 3.43. The van der Waals surface area contributed by atoms with Crippen molar-refractivity contribution >= 4 is 15.9 Å². The van der Waals surface area contributed by atoms with Crippen LogP contribution in [0, 0.1) is 6.92 Å². The van der Waals surface area contributed by atoms with Crippen LogP contribution in [-0.4, -0.2) is 31.4 Å². The molecule has 1 N–H and O–H groups in total. The molecule has 3 nitrogen and oxygen atoms in total. The molecule has 2 atom stereocenters. The molecule has 0 saturated carbocycles. The van der Waals surface area contributed by atoms with Gasteiger partial charge >= 0.3 is 0 Å². The highest BCUT2D eigenvalue weighted by Crippen LogP contribution is 2.24. The molecule has 2 unspecified atom stereocenters. The summed E-state index contributed by atoms with van der Waals surface area (Å²) in [6.07, 6.45) is 2.75. The summed E-state index contributed by atoms with van der Waals surface area (Å²) in [4.78, 5) is 0. The Morgan fingerprint density at radius 1 is 1.35 bits per heavy atom. The van der Waals surface area contributed by atoms with Crippen LogP contribution in [-0.2, 0) is 4.74 Å². The number of halogens is 1. The Hall–Kier alpha value is -0.580. The van der Waals surface area contributed by atoms with E-state index in [1.807, 2.05) is 12.1 Å². The van der Waals surface area contributed by atoms with E-state index in [2.05, 4.69) is 48.1 Å². The summed E-state index contributed by atoms with van der Waals surface area (Å²) < 4.78 is 13.0. The van der Waals surface area contributed by atoms with E-state index in [0.717, 1.165) is 35.2 Å². The first-order chi connectivity index (χ1) is 9.54. The molecule has 1 heterocycles. The fourth-order valence-corrected chi connectivity index (χ4v) is 2.85. The van der Waals surface area contributed by atoms with Crippen LogP contribution in [0.4, 0.5) is 0 Å². The fourth-order valence-electron chi connectivity index (χ4n) is 2.38. The van der Waals surface area contributed by atoms with Crippen molar-refractivity contribution in [1.29, 1.82) is 0 Å². The van der Waals surface area contributed by atoms with Gasteiger partial charge in [0.2, 0.25) is 0 Å². The highest BCUT2D eigenvalue weighted by atomic mass is 79.9. The van der Waals surface area contributed by atoms with E-state index in [4.69, 9.17) is 9.47 Å². The van der Waals surface area contributed by atoms with Gasteiger partial charge in [-0.2, -0.15) is 0 Å². The van der Waals surface area contributed by atoms with Crippen molar-refractivity contribution < 1.29 is 9.47 Å². The van der Waals surface area contributed by atoms with Gasteiger partial charge in [0, 0.05) is 17.1 Å². The van der Waals surface area contributed by atoms with Crippen molar-refractivity contribution in [2.75, 3.05) is 13.2 Å². The first-order valence-corrected chi connectivity index (χ1v) is 8.11. The predicted octanol–water partition coefficient (Wildman–Crippen LogP) is 3.68. The average molecular weight is 342 g/mol. The highest BCUT2D eigenvalue weighted by molar-refractivity contribution is 9.10. The van der Waals surface area contributed by atoms with Crippen molar-refractivity contribution in [3.05, 3.63) is 28.2 Å². The van der Waals surface area contributed by atoms with Crippen LogP contribution in [0.25, 0.3) is 0 Å². The lowest BCUT2D eigenvalue weighted by Gasteiger charge is -2.17. The lowest BCUT2D eigenvalue weighted by Crippen LogP contribution is -2.32. The molecular weight excluding hydrogens is 318 g/mol. The highest BCUT2D eigenvalue weighted by Gasteiger charge is 2.25. The van der Waals surface area contributed by atoms with Crippen molar-refractivity contribution in [3.63, 3.8) is 0 Å². The molecule has 0 bridgehead atoms. The van der Waals surface area contributed by atoms with E-state index < -0.39 is 0 Å². The van der Waals surface area contributed by atoms with E-state index in [-0.39, 0.29) is 6.10 Å². The normalized spacial score (nSPS) is 22.4. The Bertz CT molecular complexity index is 436. The van der Waals surface area contributed by atoms with Gasteiger partial charge in [0.15, 0.2) is 0 Å². The summed E-state index contributed by atoms with van der Waals surface area (Å²) in [6, 6.07) is 6.60. The van der Waals surface area contributed by atoms with Crippen LogP contribution in [0.1, 0.15) is 32.3 Å². The molecule has 1 aliphatic rings. The minimum atomic E-state index is 0.219. The summed E-state index contributed by atoms with van der Waals surface area (Å²) in [5.41, 5.74) is 1.15. The van der Waals surface area contributed by atoms with Gasteiger partial charge < -0.3 is 14.8 Å². The molecule has 20 heavy (non-hydrogen) atoms. The van der Waals surface area contributed by atoms with Gasteiger partial charge in [-0.05, 0) is 43.5 Å². The molecular formula is C16H24BrNO2. The Morgan fingerprint density at radius 3 is 2.80 bits per heavy atom. The smallest absolute Gasteiger partial charge is 0.122 e. The Kier molecular flexibility index (Phi) is 5.87. The van der Waals surface area contributed by atoms with Crippen molar-refractivity contribution in [1.82, 2.24) is 5.32 Å². The van der Waals surface area contributed by atoms with Gasteiger partial charge in [0.1, 0.15) is 12.4 Å². The molecule has 1 aliphatic heterocycles. The van der Waals surface area contributed by atoms with E-state index >= 15 is 0 Å². The number of aryl methyl sites for hydroxylation is 1. The van der Waals surface area contributed by atoms with Crippen molar-refractivity contribution in [2.45, 2.75) is 51.9 Å². The second-order valence-electron chi connectivity index (χ2n) is 5.74. The molecule has 0 spiro atoms. The van der Waals surface area contributed by atoms with E-state index in [1.165, 1.54) is 0 Å². The number of ether oxygens (including phenoxy) is 2. The zero-order valence-corrected chi connectivity index (χ0v) is 14.1. The van der Waals surface area contributed by atoms with Crippen LogP contribution >= 0.6 is 15.9 Å². The molecule has 112 valence electrons. The van der Waals surface area contributed by atoms with Gasteiger partial charge in [-0.25, -0.2) is 0 Å². The SMILES string of the molecule is Cc1cc(Br)ccc1OCC1CCC(CNC(C)C)O1. The number of nitrogens with one attached hydrogen (secondary N) is 1. The average Bonchev–Trinajstić information content (AvgIpc) is 2.83. The molecule has 1 aromatic rings. The number of hydrogen-bond donors (Lipinski definition) is 1. The molecule has 1 saturated heterocycles. The molecule has 1 fully saturated rings.